The molecule has 1 aliphatic carbocycles. The van der Waals surface area contributed by atoms with Crippen LogP contribution < -0.4 is 0 Å². The molecule has 2 atom stereocenters. The molecule has 0 N–H and O–H groups in total. The smallest absolute Gasteiger partial charge is 0.0254 e. The van der Waals surface area contributed by atoms with E-state index in [2.05, 4.69) is 60.7 Å². The van der Waals surface area contributed by atoms with E-state index < -0.39 is 0 Å². The zero-order chi connectivity index (χ0) is 12.4. The average molecular weight is 257 g/mol. The maximum Gasteiger partial charge on any atom is 0.0254 e. The second kappa shape index (κ2) is 5.16. The lowest BCUT2D eigenvalue weighted by atomic mass is 9.86. The fraction of sp³-hybridized carbons (Fsp3) is 0.294. The monoisotopic (exact) mass is 256 g/mol. The first kappa shape index (κ1) is 11.8. The molecular weight excluding hydrogens is 240 g/mol. The summed E-state index contributed by atoms with van der Waals surface area (Å²) < 4.78 is 0. The summed E-state index contributed by atoms with van der Waals surface area (Å²) >= 11 is 6.01. The Hall–Kier alpha value is -1.27. The molecular formula is C17H17Cl. The fourth-order valence-electron chi connectivity index (χ4n) is 2.86. The minimum atomic E-state index is 0.510. The van der Waals surface area contributed by atoms with Gasteiger partial charge in [0.1, 0.15) is 0 Å². The van der Waals surface area contributed by atoms with E-state index in [4.69, 9.17) is 11.6 Å². The van der Waals surface area contributed by atoms with Crippen LogP contribution in [0.15, 0.2) is 60.7 Å². The molecule has 0 aliphatic heterocycles. The standard InChI is InChI=1S/C17H17Cl/c18-12-15-11-16(15)17(13-7-3-1-4-8-13)14-9-5-2-6-10-14/h1-10,15-17H,11-12H2. The summed E-state index contributed by atoms with van der Waals surface area (Å²) in [6.45, 7) is 0. The molecule has 1 aliphatic rings. The van der Waals surface area contributed by atoms with Gasteiger partial charge in [0.15, 0.2) is 0 Å². The van der Waals surface area contributed by atoms with Gasteiger partial charge < -0.3 is 0 Å². The summed E-state index contributed by atoms with van der Waals surface area (Å²) in [6.07, 6.45) is 1.26. The molecule has 0 bridgehead atoms. The second-order valence-corrected chi connectivity index (χ2v) is 5.42. The molecule has 1 heteroatoms. The molecule has 0 heterocycles. The molecule has 3 rings (SSSR count). The van der Waals surface area contributed by atoms with Crippen LogP contribution in [0.1, 0.15) is 23.5 Å². The molecule has 0 radical (unpaired) electrons. The summed E-state index contributed by atoms with van der Waals surface area (Å²) in [6, 6.07) is 21.6. The van der Waals surface area contributed by atoms with Gasteiger partial charge in [-0.25, -0.2) is 0 Å². The third-order valence-corrected chi connectivity index (χ3v) is 4.32. The Bertz CT molecular complexity index is 452. The zero-order valence-corrected chi connectivity index (χ0v) is 11.1. The maximum atomic E-state index is 6.01. The Kier molecular flexibility index (Phi) is 3.38. The van der Waals surface area contributed by atoms with Gasteiger partial charge in [-0.2, -0.15) is 0 Å². The zero-order valence-electron chi connectivity index (χ0n) is 10.3. The molecule has 18 heavy (non-hydrogen) atoms. The van der Waals surface area contributed by atoms with Crippen LogP contribution >= 0.6 is 11.6 Å². The van der Waals surface area contributed by atoms with E-state index >= 15 is 0 Å². The van der Waals surface area contributed by atoms with Gasteiger partial charge in [-0.1, -0.05) is 60.7 Å². The van der Waals surface area contributed by atoms with Crippen LogP contribution in [0.5, 0.6) is 0 Å². The minimum absolute atomic E-state index is 0.510. The van der Waals surface area contributed by atoms with Gasteiger partial charge in [0.05, 0.1) is 0 Å². The SMILES string of the molecule is ClCC1CC1C(c1ccccc1)c1ccccc1. The lowest BCUT2D eigenvalue weighted by Crippen LogP contribution is -2.05. The third-order valence-electron chi connectivity index (χ3n) is 3.92. The number of alkyl halides is 1. The van der Waals surface area contributed by atoms with Crippen LogP contribution in [0.25, 0.3) is 0 Å². The van der Waals surface area contributed by atoms with Gasteiger partial charge in [-0.15, -0.1) is 11.6 Å². The van der Waals surface area contributed by atoms with Crippen molar-refractivity contribution in [3.8, 4) is 0 Å². The van der Waals surface area contributed by atoms with Gasteiger partial charge >= 0.3 is 0 Å². The number of rotatable bonds is 4. The molecule has 0 saturated heterocycles. The van der Waals surface area contributed by atoms with Crippen molar-refractivity contribution in [3.63, 3.8) is 0 Å². The van der Waals surface area contributed by atoms with E-state index in [-0.39, 0.29) is 0 Å². The first-order valence-corrected chi connectivity index (χ1v) is 7.09. The summed E-state index contributed by atoms with van der Waals surface area (Å²) in [5, 5.41) is 0. The van der Waals surface area contributed by atoms with E-state index in [9.17, 15) is 0 Å². The highest BCUT2D eigenvalue weighted by molar-refractivity contribution is 6.18. The highest BCUT2D eigenvalue weighted by Gasteiger charge is 2.43. The van der Waals surface area contributed by atoms with Crippen molar-refractivity contribution in [1.82, 2.24) is 0 Å². The number of halogens is 1. The first-order valence-electron chi connectivity index (χ1n) is 6.56. The average Bonchev–Trinajstić information content (AvgIpc) is 3.21. The normalized spacial score (nSPS) is 22.1. The predicted octanol–water partition coefficient (Wildman–Crippen LogP) is 4.69. The van der Waals surface area contributed by atoms with Crippen molar-refractivity contribution in [2.24, 2.45) is 11.8 Å². The quantitative estimate of drug-likeness (QED) is 0.696. The van der Waals surface area contributed by atoms with Crippen molar-refractivity contribution < 1.29 is 0 Å². The van der Waals surface area contributed by atoms with Crippen molar-refractivity contribution >= 4 is 11.6 Å². The van der Waals surface area contributed by atoms with Crippen molar-refractivity contribution in [3.05, 3.63) is 71.8 Å². The maximum absolute atomic E-state index is 6.01. The van der Waals surface area contributed by atoms with Crippen molar-refractivity contribution in [2.45, 2.75) is 12.3 Å². The summed E-state index contributed by atoms with van der Waals surface area (Å²) in [5.41, 5.74) is 2.84. The van der Waals surface area contributed by atoms with Crippen molar-refractivity contribution in [1.29, 1.82) is 0 Å². The van der Waals surface area contributed by atoms with Crippen LogP contribution in [-0.2, 0) is 0 Å². The molecule has 0 aromatic heterocycles. The van der Waals surface area contributed by atoms with Crippen LogP contribution in [0, 0.1) is 11.8 Å². The fourth-order valence-corrected chi connectivity index (χ4v) is 3.22. The summed E-state index contributed by atoms with van der Waals surface area (Å²) in [4.78, 5) is 0. The van der Waals surface area contributed by atoms with E-state index in [1.807, 2.05) is 0 Å². The molecule has 0 nitrogen and oxygen atoms in total. The Balaban J connectivity index is 1.95. The number of hydrogen-bond acceptors (Lipinski definition) is 0. The lowest BCUT2D eigenvalue weighted by molar-refractivity contribution is 0.654. The van der Waals surface area contributed by atoms with E-state index in [0.717, 1.165) is 5.88 Å². The highest BCUT2D eigenvalue weighted by atomic mass is 35.5. The molecule has 1 fully saturated rings. The van der Waals surface area contributed by atoms with Gasteiger partial charge in [0.25, 0.3) is 0 Å². The van der Waals surface area contributed by atoms with E-state index in [1.165, 1.54) is 17.5 Å². The molecule has 2 aromatic rings. The van der Waals surface area contributed by atoms with Crippen LogP contribution in [0.3, 0.4) is 0 Å². The third kappa shape index (κ3) is 2.30. The molecule has 2 aromatic carbocycles. The van der Waals surface area contributed by atoms with E-state index in [0.29, 0.717) is 17.8 Å². The van der Waals surface area contributed by atoms with Crippen LogP contribution in [0.4, 0.5) is 0 Å². The number of hydrogen-bond donors (Lipinski definition) is 0. The topological polar surface area (TPSA) is 0 Å². The molecule has 2 unspecified atom stereocenters. The molecule has 92 valence electrons. The van der Waals surface area contributed by atoms with Crippen LogP contribution in [0.2, 0.25) is 0 Å². The highest BCUT2D eigenvalue weighted by Crippen LogP contribution is 2.51. The Morgan fingerprint density at radius 2 is 1.39 bits per heavy atom. The second-order valence-electron chi connectivity index (χ2n) is 5.11. The Morgan fingerprint density at radius 1 is 0.889 bits per heavy atom. The molecule has 0 amide bonds. The molecule has 0 spiro atoms. The summed E-state index contributed by atoms with van der Waals surface area (Å²) in [5.74, 6) is 2.71. The van der Waals surface area contributed by atoms with Gasteiger partial charge in [-0.3, -0.25) is 0 Å². The van der Waals surface area contributed by atoms with E-state index in [1.54, 1.807) is 0 Å². The summed E-state index contributed by atoms with van der Waals surface area (Å²) in [7, 11) is 0. The predicted molar refractivity (Wildman–Crippen MR) is 77.0 cm³/mol. The Labute approximate surface area is 114 Å². The first-order chi connectivity index (χ1) is 8.90. The van der Waals surface area contributed by atoms with Gasteiger partial charge in [0.2, 0.25) is 0 Å². The molecule has 1 saturated carbocycles. The minimum Gasteiger partial charge on any atom is -0.126 e. The lowest BCUT2D eigenvalue weighted by Gasteiger charge is -2.18. The van der Waals surface area contributed by atoms with Gasteiger partial charge in [0, 0.05) is 11.8 Å². The Morgan fingerprint density at radius 3 is 1.78 bits per heavy atom. The largest absolute Gasteiger partial charge is 0.126 e. The van der Waals surface area contributed by atoms with Gasteiger partial charge in [-0.05, 0) is 29.4 Å². The van der Waals surface area contributed by atoms with Crippen molar-refractivity contribution in [2.75, 3.05) is 5.88 Å². The van der Waals surface area contributed by atoms with Crippen LogP contribution in [-0.4, -0.2) is 5.88 Å². The number of benzene rings is 2.